The standard InChI is InChI=1S/C20H12O4S/c21-19(16-11-6-12-25-16)24-18-14-9-4-5-10-15(14)23-20(22)17(18)13-7-2-1-3-8-13/h1-12H. The quantitative estimate of drug-likeness (QED) is 0.396. The summed E-state index contributed by atoms with van der Waals surface area (Å²) < 4.78 is 11.1. The number of carbonyl (C=O) groups is 1. The van der Waals surface area contributed by atoms with Gasteiger partial charge in [-0.25, -0.2) is 9.59 Å². The van der Waals surface area contributed by atoms with E-state index in [1.165, 1.54) is 11.3 Å². The van der Waals surface area contributed by atoms with Crippen molar-refractivity contribution in [3.05, 3.63) is 87.4 Å². The van der Waals surface area contributed by atoms with Gasteiger partial charge < -0.3 is 9.15 Å². The number of benzene rings is 2. The second-order valence-electron chi connectivity index (χ2n) is 5.32. The van der Waals surface area contributed by atoms with Crippen LogP contribution in [0.15, 0.2) is 81.3 Å². The number of ether oxygens (including phenoxy) is 1. The molecular formula is C20H12O4S. The number of carbonyl (C=O) groups excluding carboxylic acids is 1. The van der Waals surface area contributed by atoms with Crippen LogP contribution in [0.2, 0.25) is 0 Å². The van der Waals surface area contributed by atoms with Gasteiger partial charge >= 0.3 is 11.6 Å². The van der Waals surface area contributed by atoms with E-state index in [0.29, 0.717) is 21.4 Å². The van der Waals surface area contributed by atoms with Gasteiger partial charge in [-0.05, 0) is 29.1 Å². The lowest BCUT2D eigenvalue weighted by atomic mass is 10.0. The van der Waals surface area contributed by atoms with Crippen molar-refractivity contribution in [1.29, 1.82) is 0 Å². The highest BCUT2D eigenvalue weighted by molar-refractivity contribution is 7.12. The predicted octanol–water partition coefficient (Wildman–Crippen LogP) is 4.74. The van der Waals surface area contributed by atoms with Gasteiger partial charge in [0.2, 0.25) is 0 Å². The fourth-order valence-electron chi connectivity index (χ4n) is 2.62. The Morgan fingerprint density at radius 2 is 1.68 bits per heavy atom. The van der Waals surface area contributed by atoms with Crippen LogP contribution < -0.4 is 10.4 Å². The van der Waals surface area contributed by atoms with E-state index >= 15 is 0 Å². The summed E-state index contributed by atoms with van der Waals surface area (Å²) >= 11 is 1.29. The van der Waals surface area contributed by atoms with E-state index in [1.807, 2.05) is 18.2 Å². The fourth-order valence-corrected chi connectivity index (χ4v) is 3.22. The minimum atomic E-state index is -0.543. The molecule has 0 atom stereocenters. The maximum absolute atomic E-state index is 12.6. The molecule has 0 N–H and O–H groups in total. The summed E-state index contributed by atoms with van der Waals surface area (Å²) in [6.45, 7) is 0. The lowest BCUT2D eigenvalue weighted by Gasteiger charge is -2.11. The van der Waals surface area contributed by atoms with E-state index in [4.69, 9.17) is 9.15 Å². The Morgan fingerprint density at radius 1 is 0.920 bits per heavy atom. The SMILES string of the molecule is O=C(Oc1c(-c2ccccc2)c(=O)oc2ccccc12)c1cccs1. The Bertz CT molecular complexity index is 1100. The molecule has 25 heavy (non-hydrogen) atoms. The molecule has 0 aliphatic heterocycles. The molecule has 4 rings (SSSR count). The van der Waals surface area contributed by atoms with Crippen LogP contribution in [0.3, 0.4) is 0 Å². The highest BCUT2D eigenvalue weighted by atomic mass is 32.1. The van der Waals surface area contributed by atoms with E-state index in [9.17, 15) is 9.59 Å². The second-order valence-corrected chi connectivity index (χ2v) is 6.27. The molecule has 0 aliphatic rings. The van der Waals surface area contributed by atoms with Gasteiger partial charge in [0.15, 0.2) is 5.75 Å². The van der Waals surface area contributed by atoms with Crippen LogP contribution in [0.5, 0.6) is 5.75 Å². The smallest absolute Gasteiger partial charge is 0.353 e. The number of rotatable bonds is 3. The predicted molar refractivity (Wildman–Crippen MR) is 97.2 cm³/mol. The van der Waals surface area contributed by atoms with E-state index in [1.54, 1.807) is 53.9 Å². The number of esters is 1. The van der Waals surface area contributed by atoms with Crippen molar-refractivity contribution in [3.8, 4) is 16.9 Å². The summed E-state index contributed by atoms with van der Waals surface area (Å²) in [7, 11) is 0. The van der Waals surface area contributed by atoms with Crippen molar-refractivity contribution in [2.45, 2.75) is 0 Å². The maximum Gasteiger partial charge on any atom is 0.353 e. The van der Waals surface area contributed by atoms with Crippen LogP contribution in [0.4, 0.5) is 0 Å². The van der Waals surface area contributed by atoms with Gasteiger partial charge in [-0.1, -0.05) is 48.5 Å². The minimum absolute atomic E-state index is 0.219. The zero-order valence-corrected chi connectivity index (χ0v) is 13.8. The van der Waals surface area contributed by atoms with E-state index in [0.717, 1.165) is 0 Å². The van der Waals surface area contributed by atoms with Crippen LogP contribution in [0.1, 0.15) is 9.67 Å². The van der Waals surface area contributed by atoms with Crippen LogP contribution in [-0.4, -0.2) is 5.97 Å². The molecular weight excluding hydrogens is 336 g/mol. The molecule has 4 aromatic rings. The molecule has 0 aliphatic carbocycles. The summed E-state index contributed by atoms with van der Waals surface area (Å²) in [5, 5.41) is 2.37. The number of hydrogen-bond acceptors (Lipinski definition) is 5. The van der Waals surface area contributed by atoms with Crippen LogP contribution in [0.25, 0.3) is 22.1 Å². The minimum Gasteiger partial charge on any atom is -0.422 e. The molecule has 2 aromatic carbocycles. The maximum atomic E-state index is 12.6. The Labute approximate surface area is 146 Å². The molecule has 0 spiro atoms. The third kappa shape index (κ3) is 2.86. The summed E-state index contributed by atoms with van der Waals surface area (Å²) in [6.07, 6.45) is 0. The normalized spacial score (nSPS) is 10.7. The first kappa shape index (κ1) is 15.4. The van der Waals surface area contributed by atoms with Crippen LogP contribution in [-0.2, 0) is 0 Å². The van der Waals surface area contributed by atoms with Crippen molar-refractivity contribution >= 4 is 28.3 Å². The molecule has 122 valence electrons. The molecule has 0 fully saturated rings. The first-order valence-electron chi connectivity index (χ1n) is 7.61. The Morgan fingerprint density at radius 3 is 2.44 bits per heavy atom. The van der Waals surface area contributed by atoms with Crippen molar-refractivity contribution in [2.75, 3.05) is 0 Å². The lowest BCUT2D eigenvalue weighted by molar-refractivity contribution is 0.0742. The summed E-state index contributed by atoms with van der Waals surface area (Å²) in [4.78, 5) is 25.5. The van der Waals surface area contributed by atoms with Crippen molar-refractivity contribution in [2.24, 2.45) is 0 Å². The summed E-state index contributed by atoms with van der Waals surface area (Å²) in [5.41, 5.74) is 0.709. The van der Waals surface area contributed by atoms with Crippen molar-refractivity contribution in [3.63, 3.8) is 0 Å². The van der Waals surface area contributed by atoms with Gasteiger partial charge in [-0.15, -0.1) is 11.3 Å². The number of hydrogen-bond donors (Lipinski definition) is 0. The number of para-hydroxylation sites is 1. The van der Waals surface area contributed by atoms with E-state index in [-0.39, 0.29) is 11.3 Å². The zero-order valence-electron chi connectivity index (χ0n) is 13.0. The Hall–Kier alpha value is -3.18. The van der Waals surface area contributed by atoms with Gasteiger partial charge in [0.1, 0.15) is 16.0 Å². The molecule has 0 unspecified atom stereocenters. The number of fused-ring (bicyclic) bond motifs is 1. The molecule has 0 saturated heterocycles. The summed E-state index contributed by atoms with van der Waals surface area (Å²) in [6, 6.07) is 19.5. The average Bonchev–Trinajstić information content (AvgIpc) is 3.17. The van der Waals surface area contributed by atoms with Gasteiger partial charge in [0.05, 0.1) is 5.39 Å². The number of thiophene rings is 1. The lowest BCUT2D eigenvalue weighted by Crippen LogP contribution is -2.12. The van der Waals surface area contributed by atoms with Gasteiger partial charge in [-0.2, -0.15) is 0 Å². The molecule has 0 amide bonds. The average molecular weight is 348 g/mol. The molecule has 2 heterocycles. The third-order valence-electron chi connectivity index (χ3n) is 3.75. The Kier molecular flexibility index (Phi) is 3.91. The van der Waals surface area contributed by atoms with Crippen molar-refractivity contribution < 1.29 is 13.9 Å². The zero-order chi connectivity index (χ0) is 17.2. The van der Waals surface area contributed by atoms with Crippen LogP contribution in [0, 0.1) is 0 Å². The topological polar surface area (TPSA) is 56.5 Å². The largest absolute Gasteiger partial charge is 0.422 e. The highest BCUT2D eigenvalue weighted by Crippen LogP contribution is 2.34. The van der Waals surface area contributed by atoms with E-state index in [2.05, 4.69) is 0 Å². The fraction of sp³-hybridized carbons (Fsp3) is 0. The first-order chi connectivity index (χ1) is 12.2. The van der Waals surface area contributed by atoms with Gasteiger partial charge in [-0.3, -0.25) is 0 Å². The third-order valence-corrected chi connectivity index (χ3v) is 4.60. The summed E-state index contributed by atoms with van der Waals surface area (Å²) in [5.74, 6) is -0.278. The van der Waals surface area contributed by atoms with Gasteiger partial charge in [0, 0.05) is 0 Å². The molecule has 5 heteroatoms. The Balaban J connectivity index is 1.96. The first-order valence-corrected chi connectivity index (χ1v) is 8.49. The molecule has 0 radical (unpaired) electrons. The van der Waals surface area contributed by atoms with Crippen LogP contribution >= 0.6 is 11.3 Å². The van der Waals surface area contributed by atoms with E-state index < -0.39 is 11.6 Å². The molecule has 4 nitrogen and oxygen atoms in total. The second kappa shape index (κ2) is 6.37. The molecule has 0 bridgehead atoms. The monoisotopic (exact) mass is 348 g/mol. The van der Waals surface area contributed by atoms with Gasteiger partial charge in [0.25, 0.3) is 0 Å². The molecule has 2 aromatic heterocycles. The molecule has 0 saturated carbocycles. The van der Waals surface area contributed by atoms with Crippen molar-refractivity contribution in [1.82, 2.24) is 0 Å². The highest BCUT2D eigenvalue weighted by Gasteiger charge is 2.21.